The highest BCUT2D eigenvalue weighted by molar-refractivity contribution is 7.23. The Bertz CT molecular complexity index is 1380. The molecule has 1 amide bonds. The van der Waals surface area contributed by atoms with Crippen molar-refractivity contribution in [2.45, 2.75) is 84.0 Å². The molecule has 41 heavy (non-hydrogen) atoms. The summed E-state index contributed by atoms with van der Waals surface area (Å²) in [6.07, 6.45) is -3.36. The topological polar surface area (TPSA) is 95.3 Å². The standard InChI is InChI=1S/C28H36F4N6O2S/c1-16(2)38-12-10-20(19(29)15-38)35-21-8-6-7-17-18(13-28(30,31)32)25(41-24(17)21)26-36-23(40-37-26)14-33-22(39)9-11-34-27(3,4)5/h6-9,11,16,19-20,34-35H,10,12-15H2,1-5H3,(H,33,39)/b11-9+. The average molecular weight is 597 g/mol. The third-order valence-electron chi connectivity index (χ3n) is 6.68. The predicted octanol–water partition coefficient (Wildman–Crippen LogP) is 5.81. The number of hydrogen-bond donors (Lipinski definition) is 3. The zero-order valence-corrected chi connectivity index (χ0v) is 24.5. The molecular formula is C28H36F4N6O2S. The molecule has 1 saturated heterocycles. The minimum Gasteiger partial charge on any atom is -0.386 e. The first kappa shape index (κ1) is 30.8. The summed E-state index contributed by atoms with van der Waals surface area (Å²) in [5.41, 5.74) is 0.393. The number of carbonyl (C=O) groups is 1. The Hall–Kier alpha value is -3.19. The number of halogens is 4. The molecule has 0 bridgehead atoms. The molecule has 0 saturated carbocycles. The highest BCUT2D eigenvalue weighted by Crippen LogP contribution is 2.43. The van der Waals surface area contributed by atoms with Gasteiger partial charge >= 0.3 is 6.18 Å². The molecule has 3 aromatic rings. The van der Waals surface area contributed by atoms with Gasteiger partial charge in [-0.25, -0.2) is 4.39 Å². The second-order valence-corrected chi connectivity index (χ2v) is 12.5. The van der Waals surface area contributed by atoms with Crippen LogP contribution in [0, 0.1) is 0 Å². The minimum atomic E-state index is -4.48. The quantitative estimate of drug-likeness (QED) is 0.212. The third kappa shape index (κ3) is 8.19. The number of aromatic nitrogens is 2. The third-order valence-corrected chi connectivity index (χ3v) is 7.95. The summed E-state index contributed by atoms with van der Waals surface area (Å²) in [4.78, 5) is 18.6. The number of nitrogens with one attached hydrogen (secondary N) is 3. The number of rotatable bonds is 9. The molecule has 1 fully saturated rings. The van der Waals surface area contributed by atoms with Crippen LogP contribution in [0.2, 0.25) is 0 Å². The average Bonchev–Trinajstić information content (AvgIpc) is 3.47. The molecule has 2 atom stereocenters. The van der Waals surface area contributed by atoms with Crippen LogP contribution in [0.5, 0.6) is 0 Å². The lowest BCUT2D eigenvalue weighted by Gasteiger charge is -2.37. The number of hydrogen-bond acceptors (Lipinski definition) is 8. The van der Waals surface area contributed by atoms with Crippen molar-refractivity contribution in [1.82, 2.24) is 25.7 Å². The lowest BCUT2D eigenvalue weighted by atomic mass is 10.0. The van der Waals surface area contributed by atoms with Gasteiger partial charge < -0.3 is 20.5 Å². The lowest BCUT2D eigenvalue weighted by molar-refractivity contribution is -0.126. The van der Waals surface area contributed by atoms with E-state index in [1.165, 1.54) is 12.3 Å². The Labute approximate surface area is 240 Å². The number of nitrogens with zero attached hydrogens (tertiary/aromatic N) is 3. The van der Waals surface area contributed by atoms with Crippen LogP contribution >= 0.6 is 11.3 Å². The Balaban J connectivity index is 1.57. The van der Waals surface area contributed by atoms with E-state index in [0.29, 0.717) is 28.7 Å². The summed E-state index contributed by atoms with van der Waals surface area (Å²) in [7, 11) is 0. The van der Waals surface area contributed by atoms with Gasteiger partial charge in [0, 0.05) is 36.9 Å². The summed E-state index contributed by atoms with van der Waals surface area (Å²) in [5, 5.41) is 13.2. The zero-order chi connectivity index (χ0) is 29.9. The van der Waals surface area contributed by atoms with E-state index in [-0.39, 0.29) is 40.3 Å². The lowest BCUT2D eigenvalue weighted by Crippen LogP contribution is -2.50. The molecule has 0 spiro atoms. The SMILES string of the molecule is CC(C)N1CCC(Nc2cccc3c(CC(F)(F)F)c(-c4noc(CNC(=O)/C=C/NC(C)(C)C)n4)sc23)C(F)C1. The highest BCUT2D eigenvalue weighted by atomic mass is 32.1. The van der Waals surface area contributed by atoms with E-state index in [1.807, 2.05) is 34.6 Å². The van der Waals surface area contributed by atoms with Gasteiger partial charge in [0.05, 0.1) is 34.3 Å². The molecular weight excluding hydrogens is 560 g/mol. The molecule has 3 N–H and O–H groups in total. The van der Waals surface area contributed by atoms with E-state index in [4.69, 9.17) is 4.52 Å². The molecule has 0 radical (unpaired) electrons. The number of alkyl halides is 4. The van der Waals surface area contributed by atoms with Gasteiger partial charge in [-0.15, -0.1) is 11.3 Å². The Morgan fingerprint density at radius 2 is 2.02 bits per heavy atom. The van der Waals surface area contributed by atoms with Gasteiger partial charge in [0.1, 0.15) is 6.17 Å². The molecule has 4 rings (SSSR count). The molecule has 1 aliphatic rings. The maximum absolute atomic E-state index is 15.0. The van der Waals surface area contributed by atoms with Crippen molar-refractivity contribution in [2.24, 2.45) is 0 Å². The van der Waals surface area contributed by atoms with Gasteiger partial charge in [-0.2, -0.15) is 18.2 Å². The van der Waals surface area contributed by atoms with Crippen molar-refractivity contribution in [3.63, 3.8) is 0 Å². The van der Waals surface area contributed by atoms with Crippen LogP contribution in [-0.2, 0) is 17.8 Å². The van der Waals surface area contributed by atoms with Gasteiger partial charge in [-0.3, -0.25) is 9.69 Å². The van der Waals surface area contributed by atoms with E-state index < -0.39 is 30.7 Å². The van der Waals surface area contributed by atoms with Crippen LogP contribution in [0.1, 0.15) is 52.5 Å². The first-order valence-corrected chi connectivity index (χ1v) is 14.3. The van der Waals surface area contributed by atoms with Gasteiger partial charge in [0.2, 0.25) is 17.6 Å². The second-order valence-electron chi connectivity index (χ2n) is 11.5. The predicted molar refractivity (Wildman–Crippen MR) is 152 cm³/mol. The molecule has 2 aromatic heterocycles. The van der Waals surface area contributed by atoms with Crippen molar-refractivity contribution >= 4 is 33.0 Å². The number of likely N-dealkylation sites (tertiary alicyclic amines) is 1. The van der Waals surface area contributed by atoms with Gasteiger partial charge in [-0.05, 0) is 58.1 Å². The second kappa shape index (κ2) is 12.4. The van der Waals surface area contributed by atoms with Crippen LogP contribution in [0.4, 0.5) is 23.2 Å². The molecule has 3 heterocycles. The maximum atomic E-state index is 15.0. The number of piperidine rings is 1. The number of fused-ring (bicyclic) bond motifs is 1. The van der Waals surface area contributed by atoms with Crippen LogP contribution in [0.25, 0.3) is 20.8 Å². The van der Waals surface area contributed by atoms with E-state index in [1.54, 1.807) is 18.2 Å². The van der Waals surface area contributed by atoms with E-state index in [9.17, 15) is 18.0 Å². The van der Waals surface area contributed by atoms with Crippen molar-refractivity contribution in [3.05, 3.63) is 41.9 Å². The summed E-state index contributed by atoms with van der Waals surface area (Å²) < 4.78 is 61.9. The zero-order valence-electron chi connectivity index (χ0n) is 23.7. The smallest absolute Gasteiger partial charge is 0.386 e. The van der Waals surface area contributed by atoms with Crippen LogP contribution in [0.3, 0.4) is 0 Å². The molecule has 2 unspecified atom stereocenters. The van der Waals surface area contributed by atoms with Gasteiger partial charge in [-0.1, -0.05) is 17.3 Å². The van der Waals surface area contributed by atoms with Crippen molar-refractivity contribution in [2.75, 3.05) is 18.4 Å². The van der Waals surface area contributed by atoms with Crippen LogP contribution < -0.4 is 16.0 Å². The Morgan fingerprint density at radius 3 is 2.68 bits per heavy atom. The fourth-order valence-corrected chi connectivity index (χ4v) is 5.83. The summed E-state index contributed by atoms with van der Waals surface area (Å²) in [6.45, 7) is 10.8. The number of anilines is 1. The van der Waals surface area contributed by atoms with E-state index in [0.717, 1.165) is 17.9 Å². The molecule has 1 aliphatic heterocycles. The van der Waals surface area contributed by atoms with Crippen molar-refractivity contribution in [3.8, 4) is 10.7 Å². The summed E-state index contributed by atoms with van der Waals surface area (Å²) in [5.74, 6) is -0.349. The summed E-state index contributed by atoms with van der Waals surface area (Å²) >= 11 is 1.10. The molecule has 1 aromatic carbocycles. The maximum Gasteiger partial charge on any atom is 0.393 e. The fourth-order valence-electron chi connectivity index (χ4n) is 4.61. The first-order valence-electron chi connectivity index (χ1n) is 13.5. The largest absolute Gasteiger partial charge is 0.393 e. The van der Waals surface area contributed by atoms with E-state index in [2.05, 4.69) is 31.0 Å². The molecule has 0 aliphatic carbocycles. The van der Waals surface area contributed by atoms with Crippen molar-refractivity contribution < 1.29 is 26.9 Å². The fraction of sp³-hybridized carbons (Fsp3) is 0.536. The summed E-state index contributed by atoms with van der Waals surface area (Å²) in [6, 6.07) is 4.81. The van der Waals surface area contributed by atoms with Crippen LogP contribution in [0.15, 0.2) is 35.0 Å². The molecule has 224 valence electrons. The monoisotopic (exact) mass is 596 g/mol. The minimum absolute atomic E-state index is 0.000741. The number of thiophene rings is 1. The van der Waals surface area contributed by atoms with Gasteiger partial charge in [0.15, 0.2) is 0 Å². The van der Waals surface area contributed by atoms with Crippen molar-refractivity contribution in [1.29, 1.82) is 0 Å². The molecule has 8 nitrogen and oxygen atoms in total. The Kier molecular flexibility index (Phi) is 9.27. The number of benzene rings is 1. The van der Waals surface area contributed by atoms with E-state index >= 15 is 4.39 Å². The number of carbonyl (C=O) groups excluding carboxylic acids is 1. The number of amides is 1. The molecule has 13 heteroatoms. The Morgan fingerprint density at radius 1 is 1.27 bits per heavy atom. The van der Waals surface area contributed by atoms with Crippen LogP contribution in [-0.4, -0.2) is 64.0 Å². The normalized spacial score (nSPS) is 18.9. The van der Waals surface area contributed by atoms with Gasteiger partial charge in [0.25, 0.3) is 0 Å². The highest BCUT2D eigenvalue weighted by Gasteiger charge is 2.34. The first-order chi connectivity index (χ1) is 19.2.